The Bertz CT molecular complexity index is 666. The van der Waals surface area contributed by atoms with Crippen molar-refractivity contribution >= 4 is 5.69 Å². The molecule has 2 rings (SSSR count). The maximum atomic E-state index is 9.48. The van der Waals surface area contributed by atoms with Crippen LogP contribution in [-0.4, -0.2) is 0 Å². The minimum atomic E-state index is -0.323. The molecule has 1 atom stereocenters. The molecular weight excluding hydrogens is 244 g/mol. The number of hydrogen-bond donors (Lipinski definition) is 1. The molecule has 0 saturated carbocycles. The molecule has 2 aromatic rings. The number of nitriles is 1. The zero-order valence-electron chi connectivity index (χ0n) is 12.5. The van der Waals surface area contributed by atoms with E-state index in [1.54, 1.807) is 0 Å². The first-order valence-electron chi connectivity index (χ1n) is 6.82. The fraction of sp³-hybridized carbons (Fsp3) is 0.278. The molecule has 1 N–H and O–H groups in total. The molecule has 2 nitrogen and oxygen atoms in total. The van der Waals surface area contributed by atoms with Crippen molar-refractivity contribution in [2.75, 3.05) is 5.32 Å². The molecule has 0 aliphatic rings. The predicted molar refractivity (Wildman–Crippen MR) is 83.8 cm³/mol. The molecule has 0 aliphatic heterocycles. The maximum absolute atomic E-state index is 9.48. The van der Waals surface area contributed by atoms with Gasteiger partial charge in [0.25, 0.3) is 0 Å². The second-order valence-electron chi connectivity index (χ2n) is 5.37. The fourth-order valence-corrected chi connectivity index (χ4v) is 2.37. The van der Waals surface area contributed by atoms with Gasteiger partial charge in [0.1, 0.15) is 6.04 Å². The molecule has 0 spiro atoms. The lowest BCUT2D eigenvalue weighted by Gasteiger charge is -2.17. The minimum Gasteiger partial charge on any atom is -0.366 e. The standard InChI is InChI=1S/C18H20N2/c1-12-6-5-7-16(8-12)20-18(11-19)17-10-14(3)13(2)9-15(17)4/h5-10,18,20H,1-4H3. The zero-order valence-corrected chi connectivity index (χ0v) is 12.5. The first kappa shape index (κ1) is 14.1. The van der Waals surface area contributed by atoms with Crippen molar-refractivity contribution in [2.24, 2.45) is 0 Å². The van der Waals surface area contributed by atoms with E-state index in [1.165, 1.54) is 16.7 Å². The lowest BCUT2D eigenvalue weighted by atomic mass is 9.96. The average molecular weight is 264 g/mol. The highest BCUT2D eigenvalue weighted by Gasteiger charge is 2.14. The van der Waals surface area contributed by atoms with Crippen LogP contribution in [0.5, 0.6) is 0 Å². The van der Waals surface area contributed by atoms with E-state index in [0.717, 1.165) is 16.8 Å². The third-order valence-electron chi connectivity index (χ3n) is 3.65. The van der Waals surface area contributed by atoms with Crippen molar-refractivity contribution < 1.29 is 0 Å². The molecular formula is C18H20N2. The summed E-state index contributed by atoms with van der Waals surface area (Å²) in [5.41, 5.74) is 6.85. The van der Waals surface area contributed by atoms with Crippen molar-refractivity contribution in [1.82, 2.24) is 0 Å². The average Bonchev–Trinajstić information content (AvgIpc) is 2.40. The molecule has 1 unspecified atom stereocenters. The van der Waals surface area contributed by atoms with Gasteiger partial charge in [0.05, 0.1) is 6.07 Å². The Morgan fingerprint density at radius 2 is 1.65 bits per heavy atom. The van der Waals surface area contributed by atoms with Gasteiger partial charge in [-0.25, -0.2) is 0 Å². The van der Waals surface area contributed by atoms with Gasteiger partial charge in [-0.1, -0.05) is 24.3 Å². The summed E-state index contributed by atoms with van der Waals surface area (Å²) in [4.78, 5) is 0. The Kier molecular flexibility index (Phi) is 4.10. The zero-order chi connectivity index (χ0) is 14.7. The van der Waals surface area contributed by atoms with E-state index in [1.807, 2.05) is 25.1 Å². The van der Waals surface area contributed by atoms with Gasteiger partial charge >= 0.3 is 0 Å². The maximum Gasteiger partial charge on any atom is 0.140 e. The van der Waals surface area contributed by atoms with Gasteiger partial charge < -0.3 is 5.32 Å². The molecule has 0 aliphatic carbocycles. The molecule has 0 saturated heterocycles. The number of benzene rings is 2. The van der Waals surface area contributed by atoms with Crippen LogP contribution in [0.1, 0.15) is 33.9 Å². The Morgan fingerprint density at radius 1 is 0.950 bits per heavy atom. The van der Waals surface area contributed by atoms with Gasteiger partial charge in [0.2, 0.25) is 0 Å². The summed E-state index contributed by atoms with van der Waals surface area (Å²) in [6.45, 7) is 8.29. The number of anilines is 1. The van der Waals surface area contributed by atoms with Crippen LogP contribution in [-0.2, 0) is 0 Å². The van der Waals surface area contributed by atoms with Crippen LogP contribution in [0.25, 0.3) is 0 Å². The highest BCUT2D eigenvalue weighted by molar-refractivity contribution is 5.51. The van der Waals surface area contributed by atoms with Crippen LogP contribution in [0, 0.1) is 39.0 Å². The van der Waals surface area contributed by atoms with Crippen LogP contribution >= 0.6 is 0 Å². The smallest absolute Gasteiger partial charge is 0.140 e. The van der Waals surface area contributed by atoms with Crippen molar-refractivity contribution in [3.63, 3.8) is 0 Å². The number of hydrogen-bond acceptors (Lipinski definition) is 2. The predicted octanol–water partition coefficient (Wildman–Crippen LogP) is 4.60. The van der Waals surface area contributed by atoms with E-state index in [9.17, 15) is 5.26 Å². The molecule has 102 valence electrons. The van der Waals surface area contributed by atoms with E-state index < -0.39 is 0 Å². The van der Waals surface area contributed by atoms with Crippen LogP contribution in [0.2, 0.25) is 0 Å². The number of nitrogens with one attached hydrogen (secondary N) is 1. The molecule has 20 heavy (non-hydrogen) atoms. The number of rotatable bonds is 3. The van der Waals surface area contributed by atoms with Gasteiger partial charge in [0.15, 0.2) is 0 Å². The summed E-state index contributed by atoms with van der Waals surface area (Å²) in [5.74, 6) is 0. The lowest BCUT2D eigenvalue weighted by molar-refractivity contribution is 0.974. The Morgan fingerprint density at radius 3 is 2.30 bits per heavy atom. The number of aryl methyl sites for hydroxylation is 4. The van der Waals surface area contributed by atoms with E-state index in [2.05, 4.69) is 50.4 Å². The molecule has 0 amide bonds. The summed E-state index contributed by atoms with van der Waals surface area (Å²) in [7, 11) is 0. The van der Waals surface area contributed by atoms with Crippen LogP contribution in [0.3, 0.4) is 0 Å². The lowest BCUT2D eigenvalue weighted by Crippen LogP contribution is -2.10. The third-order valence-corrected chi connectivity index (χ3v) is 3.65. The van der Waals surface area contributed by atoms with Crippen molar-refractivity contribution in [2.45, 2.75) is 33.7 Å². The molecule has 0 radical (unpaired) electrons. The monoisotopic (exact) mass is 264 g/mol. The summed E-state index contributed by atoms with van der Waals surface area (Å²) in [6, 6.07) is 14.4. The summed E-state index contributed by atoms with van der Waals surface area (Å²) >= 11 is 0. The van der Waals surface area contributed by atoms with Crippen molar-refractivity contribution in [3.8, 4) is 6.07 Å². The first-order chi connectivity index (χ1) is 9.51. The van der Waals surface area contributed by atoms with Gasteiger partial charge in [0, 0.05) is 5.69 Å². The Labute approximate surface area is 121 Å². The van der Waals surface area contributed by atoms with E-state index in [-0.39, 0.29) is 6.04 Å². The van der Waals surface area contributed by atoms with Crippen molar-refractivity contribution in [3.05, 3.63) is 64.2 Å². The first-order valence-corrected chi connectivity index (χ1v) is 6.82. The summed E-state index contributed by atoms with van der Waals surface area (Å²) in [6.07, 6.45) is 0. The van der Waals surface area contributed by atoms with Crippen molar-refractivity contribution in [1.29, 1.82) is 5.26 Å². The molecule has 0 aromatic heterocycles. The third kappa shape index (κ3) is 3.00. The summed E-state index contributed by atoms with van der Waals surface area (Å²) < 4.78 is 0. The largest absolute Gasteiger partial charge is 0.366 e. The van der Waals surface area contributed by atoms with E-state index >= 15 is 0 Å². The van der Waals surface area contributed by atoms with E-state index in [4.69, 9.17) is 0 Å². The minimum absolute atomic E-state index is 0.323. The molecule has 0 heterocycles. The fourth-order valence-electron chi connectivity index (χ4n) is 2.37. The SMILES string of the molecule is Cc1cccc(NC(C#N)c2cc(C)c(C)cc2C)c1. The Balaban J connectivity index is 2.34. The quantitative estimate of drug-likeness (QED) is 0.879. The van der Waals surface area contributed by atoms with Gasteiger partial charge in [-0.05, 0) is 67.6 Å². The molecule has 0 fully saturated rings. The van der Waals surface area contributed by atoms with Crippen LogP contribution < -0.4 is 5.32 Å². The topological polar surface area (TPSA) is 35.8 Å². The van der Waals surface area contributed by atoms with Gasteiger partial charge in [-0.2, -0.15) is 5.26 Å². The van der Waals surface area contributed by atoms with Gasteiger partial charge in [-0.15, -0.1) is 0 Å². The molecule has 0 bridgehead atoms. The van der Waals surface area contributed by atoms with Gasteiger partial charge in [-0.3, -0.25) is 0 Å². The highest BCUT2D eigenvalue weighted by atomic mass is 14.9. The van der Waals surface area contributed by atoms with Crippen LogP contribution in [0.15, 0.2) is 36.4 Å². The second kappa shape index (κ2) is 5.79. The molecule has 2 aromatic carbocycles. The molecule has 2 heteroatoms. The van der Waals surface area contributed by atoms with E-state index in [0.29, 0.717) is 0 Å². The van der Waals surface area contributed by atoms with Crippen LogP contribution in [0.4, 0.5) is 5.69 Å². The second-order valence-corrected chi connectivity index (χ2v) is 5.37. The normalized spacial score (nSPS) is 11.8. The Hall–Kier alpha value is -2.27. The highest BCUT2D eigenvalue weighted by Crippen LogP contribution is 2.25. The summed E-state index contributed by atoms with van der Waals surface area (Å²) in [5, 5.41) is 12.8. The number of nitrogens with zero attached hydrogens (tertiary/aromatic N) is 1.